The van der Waals surface area contributed by atoms with Crippen molar-refractivity contribution >= 4 is 27.3 Å². The fourth-order valence-corrected chi connectivity index (χ4v) is 4.56. The Balaban J connectivity index is 1.69. The Morgan fingerprint density at radius 1 is 1.07 bits per heavy atom. The fourth-order valence-electron chi connectivity index (χ4n) is 2.89. The van der Waals surface area contributed by atoms with E-state index in [0.29, 0.717) is 17.7 Å². The molecule has 1 atom stereocenters. The third-order valence-electron chi connectivity index (χ3n) is 4.59. The molecule has 7 nitrogen and oxygen atoms in total. The Morgan fingerprint density at radius 2 is 1.85 bits per heavy atom. The molecule has 1 aromatic carbocycles. The minimum Gasteiger partial charge on any atom is -0.347 e. The second-order valence-electron chi connectivity index (χ2n) is 6.76. The van der Waals surface area contributed by atoms with Crippen LogP contribution in [0.3, 0.4) is 0 Å². The van der Waals surface area contributed by atoms with Gasteiger partial charge in [0.2, 0.25) is 0 Å². The number of carbonyl (C=O) groups is 2. The van der Waals surface area contributed by atoms with Crippen molar-refractivity contribution in [1.82, 2.24) is 10.3 Å². The first kappa shape index (κ1) is 19.0. The van der Waals surface area contributed by atoms with Gasteiger partial charge in [-0.15, -0.1) is 0 Å². The summed E-state index contributed by atoms with van der Waals surface area (Å²) in [6, 6.07) is 8.12. The molecule has 1 saturated heterocycles. The second kappa shape index (κ2) is 7.48. The van der Waals surface area contributed by atoms with Gasteiger partial charge in [0, 0.05) is 23.5 Å². The predicted octanol–water partition coefficient (Wildman–Crippen LogP) is 1.87. The van der Waals surface area contributed by atoms with Crippen LogP contribution in [0.1, 0.15) is 38.4 Å². The third-order valence-corrected chi connectivity index (χ3v) is 6.36. The lowest BCUT2D eigenvalue weighted by Gasteiger charge is -2.11. The van der Waals surface area contributed by atoms with Crippen molar-refractivity contribution < 1.29 is 18.0 Å². The van der Waals surface area contributed by atoms with Crippen LogP contribution in [0.25, 0.3) is 0 Å². The number of nitrogens with zero attached hydrogens (tertiary/aromatic N) is 1. The zero-order valence-corrected chi connectivity index (χ0v) is 16.0. The number of rotatable bonds is 4. The Morgan fingerprint density at radius 3 is 2.52 bits per heavy atom. The number of aromatic nitrogens is 1. The summed E-state index contributed by atoms with van der Waals surface area (Å²) in [4.78, 5) is 28.8. The van der Waals surface area contributed by atoms with Crippen LogP contribution in [-0.2, 0) is 9.84 Å². The first-order valence-corrected chi connectivity index (χ1v) is 10.4. The quantitative estimate of drug-likeness (QED) is 0.833. The van der Waals surface area contributed by atoms with E-state index >= 15 is 0 Å². The summed E-state index contributed by atoms with van der Waals surface area (Å²) in [6.07, 6.45) is 1.77. The van der Waals surface area contributed by atoms with E-state index in [1.54, 1.807) is 0 Å². The minimum absolute atomic E-state index is 0.0638. The normalized spacial score (nSPS) is 18.1. The number of nitrogens with one attached hydrogen (secondary N) is 2. The van der Waals surface area contributed by atoms with Crippen molar-refractivity contribution in [3.8, 4) is 0 Å². The summed E-state index contributed by atoms with van der Waals surface area (Å²) in [5.41, 5.74) is 3.24. The van der Waals surface area contributed by atoms with Crippen LogP contribution in [0, 0.1) is 13.8 Å². The van der Waals surface area contributed by atoms with E-state index in [0.717, 1.165) is 11.1 Å². The molecule has 2 N–H and O–H groups in total. The van der Waals surface area contributed by atoms with Gasteiger partial charge in [0.1, 0.15) is 5.69 Å². The number of carbonyl (C=O) groups excluding carboxylic acids is 2. The standard InChI is InChI=1S/C19H21N3O4S/c1-12-3-4-15(9-13(12)2)21-18(23)14-5-7-20-17(10-14)19(24)22-16-6-8-27(25,26)11-16/h3-5,7,9-10,16H,6,8,11H2,1-2H3,(H,21,23)(H,22,24). The van der Waals surface area contributed by atoms with Gasteiger partial charge >= 0.3 is 0 Å². The van der Waals surface area contributed by atoms with Gasteiger partial charge in [-0.25, -0.2) is 8.42 Å². The lowest BCUT2D eigenvalue weighted by Crippen LogP contribution is -2.36. The lowest BCUT2D eigenvalue weighted by molar-refractivity contribution is 0.0936. The van der Waals surface area contributed by atoms with Gasteiger partial charge in [-0.1, -0.05) is 6.07 Å². The summed E-state index contributed by atoms with van der Waals surface area (Å²) in [7, 11) is -3.09. The molecule has 0 radical (unpaired) electrons. The number of hydrogen-bond acceptors (Lipinski definition) is 5. The highest BCUT2D eigenvalue weighted by atomic mass is 32.2. The Hall–Kier alpha value is -2.74. The SMILES string of the molecule is Cc1ccc(NC(=O)c2ccnc(C(=O)NC3CCS(=O)(=O)C3)c2)cc1C. The summed E-state index contributed by atoms with van der Waals surface area (Å²) in [5, 5.41) is 5.47. The average Bonchev–Trinajstić information content (AvgIpc) is 2.96. The number of sulfone groups is 1. The molecule has 0 saturated carbocycles. The van der Waals surface area contributed by atoms with E-state index in [2.05, 4.69) is 15.6 Å². The van der Waals surface area contributed by atoms with Crippen molar-refractivity contribution in [1.29, 1.82) is 0 Å². The molecular formula is C19H21N3O4S. The molecular weight excluding hydrogens is 366 g/mol. The van der Waals surface area contributed by atoms with E-state index in [1.807, 2.05) is 32.0 Å². The Kier molecular flexibility index (Phi) is 5.27. The smallest absolute Gasteiger partial charge is 0.270 e. The highest BCUT2D eigenvalue weighted by Gasteiger charge is 2.29. The van der Waals surface area contributed by atoms with Crippen molar-refractivity contribution in [3.63, 3.8) is 0 Å². The van der Waals surface area contributed by atoms with Gasteiger partial charge in [0.15, 0.2) is 9.84 Å². The summed E-state index contributed by atoms with van der Waals surface area (Å²) in [5.74, 6) is -0.828. The summed E-state index contributed by atoms with van der Waals surface area (Å²) >= 11 is 0. The molecule has 2 aromatic rings. The highest BCUT2D eigenvalue weighted by molar-refractivity contribution is 7.91. The molecule has 1 fully saturated rings. The van der Waals surface area contributed by atoms with Gasteiger partial charge in [-0.05, 0) is 55.7 Å². The van der Waals surface area contributed by atoms with Crippen LogP contribution >= 0.6 is 0 Å². The van der Waals surface area contributed by atoms with Crippen LogP contribution in [0.4, 0.5) is 5.69 Å². The monoisotopic (exact) mass is 387 g/mol. The van der Waals surface area contributed by atoms with Crippen LogP contribution < -0.4 is 10.6 Å². The largest absolute Gasteiger partial charge is 0.347 e. The molecule has 142 valence electrons. The molecule has 1 unspecified atom stereocenters. The molecule has 8 heteroatoms. The van der Waals surface area contributed by atoms with Gasteiger partial charge in [0.25, 0.3) is 11.8 Å². The maximum Gasteiger partial charge on any atom is 0.270 e. The lowest BCUT2D eigenvalue weighted by atomic mass is 10.1. The highest BCUT2D eigenvalue weighted by Crippen LogP contribution is 2.16. The van der Waals surface area contributed by atoms with Crippen molar-refractivity contribution in [3.05, 3.63) is 58.9 Å². The van der Waals surface area contributed by atoms with Crippen LogP contribution in [0.5, 0.6) is 0 Å². The molecule has 1 aliphatic heterocycles. The van der Waals surface area contributed by atoms with Crippen molar-refractivity contribution in [2.75, 3.05) is 16.8 Å². The number of benzene rings is 1. The van der Waals surface area contributed by atoms with E-state index < -0.39 is 21.8 Å². The maximum atomic E-state index is 12.5. The van der Waals surface area contributed by atoms with Crippen molar-refractivity contribution in [2.45, 2.75) is 26.3 Å². The molecule has 1 aliphatic rings. The van der Waals surface area contributed by atoms with Gasteiger partial charge in [0.05, 0.1) is 11.5 Å². The average molecular weight is 387 g/mol. The van der Waals surface area contributed by atoms with E-state index in [9.17, 15) is 18.0 Å². The van der Waals surface area contributed by atoms with Gasteiger partial charge in [-0.2, -0.15) is 0 Å². The molecule has 2 heterocycles. The third kappa shape index (κ3) is 4.71. The Bertz CT molecular complexity index is 1000. The van der Waals surface area contributed by atoms with Crippen LogP contribution in [0.2, 0.25) is 0 Å². The predicted molar refractivity (Wildman–Crippen MR) is 103 cm³/mol. The molecule has 0 bridgehead atoms. The number of aryl methyl sites for hydroxylation is 2. The van der Waals surface area contributed by atoms with E-state index in [1.165, 1.54) is 18.3 Å². The summed E-state index contributed by atoms with van der Waals surface area (Å²) in [6.45, 7) is 3.95. The van der Waals surface area contributed by atoms with Gasteiger partial charge in [-0.3, -0.25) is 14.6 Å². The maximum absolute atomic E-state index is 12.5. The van der Waals surface area contributed by atoms with Crippen molar-refractivity contribution in [2.24, 2.45) is 0 Å². The first-order valence-electron chi connectivity index (χ1n) is 8.59. The van der Waals surface area contributed by atoms with Gasteiger partial charge < -0.3 is 10.6 Å². The molecule has 1 aromatic heterocycles. The van der Waals surface area contributed by atoms with Crippen LogP contribution in [-0.4, -0.2) is 42.8 Å². The second-order valence-corrected chi connectivity index (χ2v) is 8.99. The molecule has 0 spiro atoms. The molecule has 27 heavy (non-hydrogen) atoms. The number of amides is 2. The fraction of sp³-hybridized carbons (Fsp3) is 0.316. The minimum atomic E-state index is -3.09. The topological polar surface area (TPSA) is 105 Å². The Labute approximate surface area is 158 Å². The number of anilines is 1. The zero-order valence-electron chi connectivity index (χ0n) is 15.2. The number of pyridine rings is 1. The first-order chi connectivity index (χ1) is 12.7. The van der Waals surface area contributed by atoms with E-state index in [-0.39, 0.29) is 23.1 Å². The van der Waals surface area contributed by atoms with Crippen LogP contribution in [0.15, 0.2) is 36.5 Å². The number of hydrogen-bond donors (Lipinski definition) is 2. The molecule has 2 amide bonds. The zero-order chi connectivity index (χ0) is 19.6. The molecule has 3 rings (SSSR count). The summed E-state index contributed by atoms with van der Waals surface area (Å²) < 4.78 is 23.0. The van der Waals surface area contributed by atoms with E-state index in [4.69, 9.17) is 0 Å². The molecule has 0 aliphatic carbocycles.